The Morgan fingerprint density at radius 1 is 0.857 bits per heavy atom. The van der Waals surface area contributed by atoms with E-state index < -0.39 is 0 Å². The van der Waals surface area contributed by atoms with E-state index in [2.05, 4.69) is 0 Å². The standard InChI is InChI=1S/C18H14O3/c1-2-6-15(19)13-9-5-10-14-16(13)18(21)12-8-4-3-7-11(12)17(14)20/h3-5,7-10H,2,6H2,1H3. The normalized spacial score (nSPS) is 12.8. The van der Waals surface area contributed by atoms with Gasteiger partial charge in [0, 0.05) is 34.2 Å². The molecule has 0 saturated heterocycles. The van der Waals surface area contributed by atoms with Crippen LogP contribution in [-0.2, 0) is 0 Å². The third-order valence-corrected chi connectivity index (χ3v) is 3.73. The van der Waals surface area contributed by atoms with Crippen molar-refractivity contribution >= 4 is 17.3 Å². The fourth-order valence-corrected chi connectivity index (χ4v) is 2.74. The Morgan fingerprint density at radius 3 is 2.14 bits per heavy atom. The van der Waals surface area contributed by atoms with Gasteiger partial charge in [-0.25, -0.2) is 0 Å². The van der Waals surface area contributed by atoms with Crippen LogP contribution in [0.15, 0.2) is 42.5 Å². The molecule has 2 aromatic rings. The van der Waals surface area contributed by atoms with Crippen LogP contribution in [0.2, 0.25) is 0 Å². The molecule has 0 saturated carbocycles. The van der Waals surface area contributed by atoms with Crippen LogP contribution in [0.1, 0.15) is 62.0 Å². The molecule has 0 aliphatic heterocycles. The summed E-state index contributed by atoms with van der Waals surface area (Å²) in [6.45, 7) is 1.91. The summed E-state index contributed by atoms with van der Waals surface area (Å²) in [7, 11) is 0. The van der Waals surface area contributed by atoms with Crippen LogP contribution in [-0.4, -0.2) is 17.3 Å². The summed E-state index contributed by atoms with van der Waals surface area (Å²) < 4.78 is 0. The van der Waals surface area contributed by atoms with Gasteiger partial charge in [0.1, 0.15) is 0 Å². The molecule has 0 atom stereocenters. The summed E-state index contributed by atoms with van der Waals surface area (Å²) in [5, 5.41) is 0. The fourth-order valence-electron chi connectivity index (χ4n) is 2.74. The minimum absolute atomic E-state index is 0.0881. The van der Waals surface area contributed by atoms with Crippen molar-refractivity contribution < 1.29 is 14.4 Å². The van der Waals surface area contributed by atoms with Gasteiger partial charge in [0.2, 0.25) is 0 Å². The Labute approximate surface area is 122 Å². The first kappa shape index (κ1) is 13.4. The molecule has 3 nitrogen and oxygen atoms in total. The van der Waals surface area contributed by atoms with Gasteiger partial charge in [-0.3, -0.25) is 14.4 Å². The van der Waals surface area contributed by atoms with Gasteiger partial charge in [-0.15, -0.1) is 0 Å². The van der Waals surface area contributed by atoms with Crippen LogP contribution in [0.3, 0.4) is 0 Å². The second-order valence-corrected chi connectivity index (χ2v) is 5.11. The summed E-state index contributed by atoms with van der Waals surface area (Å²) in [6.07, 6.45) is 1.08. The second-order valence-electron chi connectivity index (χ2n) is 5.11. The average molecular weight is 278 g/mol. The van der Waals surface area contributed by atoms with E-state index in [9.17, 15) is 14.4 Å². The van der Waals surface area contributed by atoms with Crippen molar-refractivity contribution in [2.24, 2.45) is 0 Å². The monoisotopic (exact) mass is 278 g/mol. The van der Waals surface area contributed by atoms with E-state index >= 15 is 0 Å². The van der Waals surface area contributed by atoms with E-state index in [1.54, 1.807) is 42.5 Å². The number of carbonyl (C=O) groups excluding carboxylic acids is 3. The van der Waals surface area contributed by atoms with E-state index in [0.29, 0.717) is 35.1 Å². The Bertz CT molecular complexity index is 772. The smallest absolute Gasteiger partial charge is 0.195 e. The molecular weight excluding hydrogens is 264 g/mol. The van der Waals surface area contributed by atoms with E-state index in [4.69, 9.17) is 0 Å². The maximum atomic E-state index is 12.7. The van der Waals surface area contributed by atoms with Crippen molar-refractivity contribution in [2.75, 3.05) is 0 Å². The average Bonchev–Trinajstić information content (AvgIpc) is 2.52. The molecule has 0 N–H and O–H groups in total. The number of hydrogen-bond acceptors (Lipinski definition) is 3. The molecule has 1 aliphatic carbocycles. The van der Waals surface area contributed by atoms with Crippen LogP contribution in [0.4, 0.5) is 0 Å². The summed E-state index contributed by atoms with van der Waals surface area (Å²) in [5.74, 6) is -0.513. The molecule has 21 heavy (non-hydrogen) atoms. The van der Waals surface area contributed by atoms with Crippen molar-refractivity contribution in [3.63, 3.8) is 0 Å². The molecule has 0 radical (unpaired) electrons. The summed E-state index contributed by atoms with van der Waals surface area (Å²) in [4.78, 5) is 37.4. The molecule has 0 spiro atoms. The van der Waals surface area contributed by atoms with Gasteiger partial charge in [-0.2, -0.15) is 0 Å². The lowest BCUT2D eigenvalue weighted by Gasteiger charge is -2.19. The van der Waals surface area contributed by atoms with Crippen molar-refractivity contribution in [1.82, 2.24) is 0 Å². The second kappa shape index (κ2) is 5.09. The zero-order valence-corrected chi connectivity index (χ0v) is 11.7. The lowest BCUT2D eigenvalue weighted by Crippen LogP contribution is -2.23. The SMILES string of the molecule is CCCC(=O)c1cccc2c1C(=O)c1ccccc1C2=O. The Kier molecular flexibility index (Phi) is 3.26. The maximum absolute atomic E-state index is 12.7. The minimum atomic E-state index is -0.236. The van der Waals surface area contributed by atoms with Crippen LogP contribution in [0.25, 0.3) is 0 Å². The largest absolute Gasteiger partial charge is 0.294 e. The first-order valence-corrected chi connectivity index (χ1v) is 6.99. The number of fused-ring (bicyclic) bond motifs is 2. The zero-order chi connectivity index (χ0) is 15.0. The van der Waals surface area contributed by atoms with Crippen LogP contribution < -0.4 is 0 Å². The molecule has 1 aliphatic rings. The number of carbonyl (C=O) groups is 3. The van der Waals surface area contributed by atoms with Gasteiger partial charge in [0.15, 0.2) is 17.3 Å². The maximum Gasteiger partial charge on any atom is 0.195 e. The number of rotatable bonds is 3. The zero-order valence-electron chi connectivity index (χ0n) is 11.7. The molecule has 104 valence electrons. The highest BCUT2D eigenvalue weighted by Gasteiger charge is 2.32. The third kappa shape index (κ3) is 2.02. The number of Topliss-reactive ketones (excluding diaryl/α,β-unsaturated/α-hetero) is 1. The van der Waals surface area contributed by atoms with Gasteiger partial charge in [0.25, 0.3) is 0 Å². The van der Waals surface area contributed by atoms with Gasteiger partial charge in [-0.05, 0) is 6.42 Å². The predicted octanol–water partition coefficient (Wildman–Crippen LogP) is 3.44. The number of benzene rings is 2. The molecule has 3 heteroatoms. The minimum Gasteiger partial charge on any atom is -0.294 e. The number of ketones is 3. The molecule has 0 bridgehead atoms. The van der Waals surface area contributed by atoms with Crippen LogP contribution >= 0.6 is 0 Å². The Balaban J connectivity index is 2.24. The summed E-state index contributed by atoms with van der Waals surface area (Å²) in [5.41, 5.74) is 1.75. The molecule has 0 aromatic heterocycles. The van der Waals surface area contributed by atoms with Crippen molar-refractivity contribution in [3.8, 4) is 0 Å². The van der Waals surface area contributed by atoms with Gasteiger partial charge in [-0.1, -0.05) is 49.4 Å². The first-order chi connectivity index (χ1) is 10.1. The van der Waals surface area contributed by atoms with Gasteiger partial charge in [0.05, 0.1) is 0 Å². The topological polar surface area (TPSA) is 51.2 Å². The van der Waals surface area contributed by atoms with Gasteiger partial charge >= 0.3 is 0 Å². The molecule has 0 fully saturated rings. The molecule has 0 amide bonds. The third-order valence-electron chi connectivity index (χ3n) is 3.73. The van der Waals surface area contributed by atoms with Crippen molar-refractivity contribution in [3.05, 3.63) is 70.3 Å². The predicted molar refractivity (Wildman–Crippen MR) is 79.0 cm³/mol. The molecule has 0 heterocycles. The fraction of sp³-hybridized carbons (Fsp3) is 0.167. The summed E-state index contributed by atoms with van der Waals surface area (Å²) >= 11 is 0. The Morgan fingerprint density at radius 2 is 1.48 bits per heavy atom. The molecule has 3 rings (SSSR count). The number of hydrogen-bond donors (Lipinski definition) is 0. The Hall–Kier alpha value is -2.55. The van der Waals surface area contributed by atoms with E-state index in [-0.39, 0.29) is 22.9 Å². The highest BCUT2D eigenvalue weighted by molar-refractivity contribution is 6.30. The molecular formula is C18H14O3. The molecule has 0 unspecified atom stereocenters. The van der Waals surface area contributed by atoms with Gasteiger partial charge < -0.3 is 0 Å². The lowest BCUT2D eigenvalue weighted by molar-refractivity contribution is 0.0956. The van der Waals surface area contributed by atoms with E-state index in [1.807, 2.05) is 6.92 Å². The lowest BCUT2D eigenvalue weighted by atomic mass is 9.81. The van der Waals surface area contributed by atoms with E-state index in [0.717, 1.165) is 0 Å². The van der Waals surface area contributed by atoms with Crippen molar-refractivity contribution in [2.45, 2.75) is 19.8 Å². The summed E-state index contributed by atoms with van der Waals surface area (Å²) in [6, 6.07) is 11.7. The van der Waals surface area contributed by atoms with E-state index in [1.165, 1.54) is 0 Å². The van der Waals surface area contributed by atoms with Crippen LogP contribution in [0.5, 0.6) is 0 Å². The molecule has 2 aromatic carbocycles. The van der Waals surface area contributed by atoms with Crippen LogP contribution in [0, 0.1) is 0 Å². The highest BCUT2D eigenvalue weighted by Crippen LogP contribution is 2.30. The van der Waals surface area contributed by atoms with Crippen molar-refractivity contribution in [1.29, 1.82) is 0 Å². The quantitative estimate of drug-likeness (QED) is 0.689. The first-order valence-electron chi connectivity index (χ1n) is 6.99. The highest BCUT2D eigenvalue weighted by atomic mass is 16.1.